The van der Waals surface area contributed by atoms with Crippen LogP contribution in [-0.2, 0) is 0 Å². The van der Waals surface area contributed by atoms with Gasteiger partial charge in [-0.25, -0.2) is 4.39 Å². The number of Topliss-reactive ketones (excluding diaryl/α,β-unsaturated/α-hetero) is 2. The smallest absolute Gasteiger partial charge is 0.204 e. The van der Waals surface area contributed by atoms with E-state index in [2.05, 4.69) is 0 Å². The number of rotatable bonds is 7. The summed E-state index contributed by atoms with van der Waals surface area (Å²) in [4.78, 5) is 25.1. The van der Waals surface area contributed by atoms with Gasteiger partial charge in [0.25, 0.3) is 0 Å². The van der Waals surface area contributed by atoms with Crippen molar-refractivity contribution < 1.29 is 32.9 Å². The second kappa shape index (κ2) is 8.07. The van der Waals surface area contributed by atoms with Gasteiger partial charge in [0.2, 0.25) is 5.75 Å². The first-order valence-corrected chi connectivity index (χ1v) is 8.42. The summed E-state index contributed by atoms with van der Waals surface area (Å²) in [6.45, 7) is 0.707. The zero-order chi connectivity index (χ0) is 19.4. The Kier molecular flexibility index (Phi) is 5.59. The second-order valence-electron chi connectivity index (χ2n) is 5.84. The maximum absolute atomic E-state index is 13.7. The summed E-state index contributed by atoms with van der Waals surface area (Å²) in [7, 11) is 2.83. The minimum atomic E-state index is -0.607. The van der Waals surface area contributed by atoms with E-state index in [1.807, 2.05) is 0 Å². The normalized spacial score (nSPS) is 12.4. The molecule has 0 aromatic heterocycles. The average Bonchev–Trinajstić information content (AvgIpc) is 2.70. The molecule has 27 heavy (non-hydrogen) atoms. The summed E-state index contributed by atoms with van der Waals surface area (Å²) in [6, 6.07) is 7.24. The van der Waals surface area contributed by atoms with Crippen molar-refractivity contribution in [3.8, 4) is 23.0 Å². The minimum Gasteiger partial charge on any atom is -0.496 e. The summed E-state index contributed by atoms with van der Waals surface area (Å²) < 4.78 is 35.5. The fourth-order valence-electron chi connectivity index (χ4n) is 2.93. The van der Waals surface area contributed by atoms with Gasteiger partial charge < -0.3 is 18.9 Å². The molecule has 0 atom stereocenters. The van der Waals surface area contributed by atoms with Crippen LogP contribution in [0.1, 0.15) is 33.6 Å². The van der Waals surface area contributed by atoms with Crippen LogP contribution in [0.15, 0.2) is 30.3 Å². The molecule has 0 N–H and O–H groups in total. The van der Waals surface area contributed by atoms with Crippen LogP contribution in [0.3, 0.4) is 0 Å². The highest BCUT2D eigenvalue weighted by molar-refractivity contribution is 6.06. The molecule has 0 saturated heterocycles. The lowest BCUT2D eigenvalue weighted by molar-refractivity contribution is 0.0910. The SMILES string of the molecule is COc1cc2c(c(OC)c1C(=O)CCC(=O)c1ccccc1F)OCCO2. The molecule has 0 saturated carbocycles. The molecule has 0 fully saturated rings. The lowest BCUT2D eigenvalue weighted by atomic mass is 9.99. The topological polar surface area (TPSA) is 71.1 Å². The third kappa shape index (κ3) is 3.72. The molecule has 7 heteroatoms. The van der Waals surface area contributed by atoms with Gasteiger partial charge in [-0.2, -0.15) is 0 Å². The third-order valence-electron chi connectivity index (χ3n) is 4.21. The Hall–Kier alpha value is -3.09. The summed E-state index contributed by atoms with van der Waals surface area (Å²) in [5.41, 5.74) is 0.136. The number of hydrogen-bond acceptors (Lipinski definition) is 6. The molecule has 2 aromatic carbocycles. The molecule has 3 rings (SSSR count). The highest BCUT2D eigenvalue weighted by atomic mass is 19.1. The Morgan fingerprint density at radius 2 is 1.74 bits per heavy atom. The molecule has 0 radical (unpaired) electrons. The van der Waals surface area contributed by atoms with E-state index in [9.17, 15) is 14.0 Å². The first-order valence-electron chi connectivity index (χ1n) is 8.42. The maximum Gasteiger partial charge on any atom is 0.204 e. The first-order chi connectivity index (χ1) is 13.1. The van der Waals surface area contributed by atoms with Crippen molar-refractivity contribution >= 4 is 11.6 Å². The molecule has 1 heterocycles. The summed E-state index contributed by atoms with van der Waals surface area (Å²) in [5, 5.41) is 0. The molecule has 0 spiro atoms. The van der Waals surface area contributed by atoms with E-state index in [-0.39, 0.29) is 41.3 Å². The Labute approximate surface area is 155 Å². The highest BCUT2D eigenvalue weighted by Crippen LogP contribution is 2.47. The van der Waals surface area contributed by atoms with Gasteiger partial charge in [-0.3, -0.25) is 9.59 Å². The van der Waals surface area contributed by atoms with E-state index >= 15 is 0 Å². The van der Waals surface area contributed by atoms with Crippen LogP contribution in [-0.4, -0.2) is 39.0 Å². The molecular weight excluding hydrogens is 355 g/mol. The molecule has 0 unspecified atom stereocenters. The third-order valence-corrected chi connectivity index (χ3v) is 4.21. The fourth-order valence-corrected chi connectivity index (χ4v) is 2.93. The van der Waals surface area contributed by atoms with Crippen molar-refractivity contribution in [2.45, 2.75) is 12.8 Å². The van der Waals surface area contributed by atoms with E-state index in [4.69, 9.17) is 18.9 Å². The quantitative estimate of drug-likeness (QED) is 0.691. The highest BCUT2D eigenvalue weighted by Gasteiger charge is 2.28. The average molecular weight is 374 g/mol. The van der Waals surface area contributed by atoms with Crippen molar-refractivity contribution in [3.63, 3.8) is 0 Å². The maximum atomic E-state index is 13.7. The molecule has 1 aliphatic heterocycles. The van der Waals surface area contributed by atoms with Gasteiger partial charge in [-0.05, 0) is 12.1 Å². The largest absolute Gasteiger partial charge is 0.496 e. The van der Waals surface area contributed by atoms with Gasteiger partial charge >= 0.3 is 0 Å². The number of carbonyl (C=O) groups excluding carboxylic acids is 2. The number of methoxy groups -OCH3 is 2. The number of ketones is 2. The number of carbonyl (C=O) groups is 2. The van der Waals surface area contributed by atoms with Crippen LogP contribution in [0, 0.1) is 5.82 Å². The number of benzene rings is 2. The summed E-state index contributed by atoms with van der Waals surface area (Å²) in [6.07, 6.45) is -0.264. The van der Waals surface area contributed by atoms with Crippen LogP contribution in [0.5, 0.6) is 23.0 Å². The Morgan fingerprint density at radius 3 is 2.44 bits per heavy atom. The monoisotopic (exact) mass is 374 g/mol. The van der Waals surface area contributed by atoms with Crippen molar-refractivity contribution in [2.75, 3.05) is 27.4 Å². The van der Waals surface area contributed by atoms with E-state index in [0.29, 0.717) is 24.7 Å². The molecule has 0 bridgehead atoms. The van der Waals surface area contributed by atoms with Crippen LogP contribution < -0.4 is 18.9 Å². The molecule has 0 amide bonds. The van der Waals surface area contributed by atoms with Crippen molar-refractivity contribution in [1.82, 2.24) is 0 Å². The first kappa shape index (κ1) is 18.7. The van der Waals surface area contributed by atoms with Crippen LogP contribution in [0.4, 0.5) is 4.39 Å². The van der Waals surface area contributed by atoms with Gasteiger partial charge in [0, 0.05) is 18.9 Å². The van der Waals surface area contributed by atoms with Gasteiger partial charge in [0.05, 0.1) is 19.8 Å². The lowest BCUT2D eigenvalue weighted by Crippen LogP contribution is -2.18. The molecule has 1 aliphatic rings. The van der Waals surface area contributed by atoms with Gasteiger partial charge in [-0.15, -0.1) is 0 Å². The molecule has 0 aliphatic carbocycles. The van der Waals surface area contributed by atoms with E-state index in [0.717, 1.165) is 0 Å². The van der Waals surface area contributed by atoms with Gasteiger partial charge in [0.1, 0.15) is 30.3 Å². The molecule has 142 valence electrons. The predicted molar refractivity (Wildman–Crippen MR) is 94.8 cm³/mol. The number of fused-ring (bicyclic) bond motifs is 1. The van der Waals surface area contributed by atoms with E-state index < -0.39 is 11.6 Å². The zero-order valence-corrected chi connectivity index (χ0v) is 15.0. The zero-order valence-electron chi connectivity index (χ0n) is 15.0. The number of hydrogen-bond donors (Lipinski definition) is 0. The van der Waals surface area contributed by atoms with Crippen LogP contribution >= 0.6 is 0 Å². The van der Waals surface area contributed by atoms with E-state index in [1.54, 1.807) is 12.1 Å². The predicted octanol–water partition coefficient (Wildman–Crippen LogP) is 3.46. The second-order valence-corrected chi connectivity index (χ2v) is 5.84. The van der Waals surface area contributed by atoms with Crippen molar-refractivity contribution in [3.05, 3.63) is 47.3 Å². The molecule has 6 nitrogen and oxygen atoms in total. The van der Waals surface area contributed by atoms with Gasteiger partial charge in [0.15, 0.2) is 23.1 Å². The number of ether oxygens (including phenoxy) is 4. The lowest BCUT2D eigenvalue weighted by Gasteiger charge is -2.23. The Bertz CT molecular complexity index is 877. The van der Waals surface area contributed by atoms with E-state index in [1.165, 1.54) is 32.4 Å². The van der Waals surface area contributed by atoms with Crippen molar-refractivity contribution in [2.24, 2.45) is 0 Å². The molecular formula is C20H19FO6. The Morgan fingerprint density at radius 1 is 1.04 bits per heavy atom. The van der Waals surface area contributed by atoms with Crippen LogP contribution in [0.2, 0.25) is 0 Å². The standard InChI is InChI=1S/C20H19FO6/c1-24-16-11-17-19(27-10-9-26-17)20(25-2)18(16)15(23)8-7-14(22)12-5-3-4-6-13(12)21/h3-6,11H,7-10H2,1-2H3. The summed E-state index contributed by atoms with van der Waals surface area (Å²) >= 11 is 0. The number of halogens is 1. The van der Waals surface area contributed by atoms with Crippen molar-refractivity contribution in [1.29, 1.82) is 0 Å². The minimum absolute atomic E-state index is 0.0357. The molecule has 2 aromatic rings. The Balaban J connectivity index is 1.86. The summed E-state index contributed by atoms with van der Waals surface area (Å²) in [5.74, 6) is -0.208. The van der Waals surface area contributed by atoms with Gasteiger partial charge in [-0.1, -0.05) is 12.1 Å². The van der Waals surface area contributed by atoms with Crippen LogP contribution in [0.25, 0.3) is 0 Å². The fraction of sp³-hybridized carbons (Fsp3) is 0.300.